The Labute approximate surface area is 146 Å². The summed E-state index contributed by atoms with van der Waals surface area (Å²) in [6, 6.07) is 18.1. The van der Waals surface area contributed by atoms with Crippen LogP contribution < -0.4 is 0 Å². The average Bonchev–Trinajstić information content (AvgIpc) is 3.09. The highest BCUT2D eigenvalue weighted by atomic mass is 16.5. The smallest absolute Gasteiger partial charge is 0.205 e. The molecule has 25 heavy (non-hydrogen) atoms. The molecule has 6 nitrogen and oxygen atoms in total. The van der Waals surface area contributed by atoms with Crippen molar-refractivity contribution in [2.75, 3.05) is 6.61 Å². The Hall–Kier alpha value is -2.57. The van der Waals surface area contributed by atoms with E-state index in [1.165, 1.54) is 4.80 Å². The molecule has 2 heterocycles. The van der Waals surface area contributed by atoms with Crippen LogP contribution >= 0.6 is 0 Å². The van der Waals surface area contributed by atoms with Crippen LogP contribution in [0.4, 0.5) is 0 Å². The van der Waals surface area contributed by atoms with Crippen molar-refractivity contribution in [3.8, 4) is 11.4 Å². The molecular weight excluding hydrogens is 316 g/mol. The Morgan fingerprint density at radius 2 is 1.88 bits per heavy atom. The van der Waals surface area contributed by atoms with Gasteiger partial charge in [-0.1, -0.05) is 54.6 Å². The van der Waals surface area contributed by atoms with Crippen LogP contribution in [0, 0.1) is 0 Å². The molecule has 4 rings (SSSR count). The number of rotatable bonds is 6. The van der Waals surface area contributed by atoms with Crippen LogP contribution in [0.15, 0.2) is 54.6 Å². The lowest BCUT2D eigenvalue weighted by Crippen LogP contribution is -2.38. The third-order valence-electron chi connectivity index (χ3n) is 4.51. The summed E-state index contributed by atoms with van der Waals surface area (Å²) >= 11 is 0. The summed E-state index contributed by atoms with van der Waals surface area (Å²) in [6.45, 7) is 3.67. The summed E-state index contributed by atoms with van der Waals surface area (Å²) in [5, 5.41) is 12.7. The molecule has 0 saturated carbocycles. The van der Waals surface area contributed by atoms with Crippen LogP contribution in [-0.2, 0) is 28.4 Å². The van der Waals surface area contributed by atoms with E-state index >= 15 is 0 Å². The molecule has 0 aliphatic carbocycles. The predicted octanol–water partition coefficient (Wildman–Crippen LogP) is 3.15. The maximum atomic E-state index is 5.78. The molecular formula is C19H20N4O2. The van der Waals surface area contributed by atoms with Gasteiger partial charge in [0.05, 0.1) is 18.8 Å². The minimum absolute atomic E-state index is 0.258. The van der Waals surface area contributed by atoms with Crippen molar-refractivity contribution in [1.82, 2.24) is 20.2 Å². The maximum Gasteiger partial charge on any atom is 0.205 e. The van der Waals surface area contributed by atoms with Crippen molar-refractivity contribution in [3.63, 3.8) is 0 Å². The average molecular weight is 336 g/mol. The third-order valence-corrected chi connectivity index (χ3v) is 4.51. The molecule has 0 amide bonds. The molecule has 0 bridgehead atoms. The van der Waals surface area contributed by atoms with Crippen LogP contribution in [0.25, 0.3) is 11.4 Å². The Morgan fingerprint density at radius 3 is 2.64 bits per heavy atom. The van der Waals surface area contributed by atoms with E-state index in [0.717, 1.165) is 29.7 Å². The highest BCUT2D eigenvalue weighted by molar-refractivity contribution is 5.61. The molecule has 1 unspecified atom stereocenters. The second kappa shape index (κ2) is 6.74. The fourth-order valence-electron chi connectivity index (χ4n) is 2.99. The molecule has 1 aliphatic heterocycles. The summed E-state index contributed by atoms with van der Waals surface area (Å²) in [5.41, 5.74) is 2.92. The van der Waals surface area contributed by atoms with E-state index in [0.29, 0.717) is 12.4 Å². The largest absolute Gasteiger partial charge is 0.370 e. The first-order valence-corrected chi connectivity index (χ1v) is 8.38. The molecule has 0 spiro atoms. The van der Waals surface area contributed by atoms with Gasteiger partial charge in [0.15, 0.2) is 6.73 Å². The van der Waals surface area contributed by atoms with Gasteiger partial charge in [-0.05, 0) is 23.3 Å². The molecule has 1 saturated heterocycles. The van der Waals surface area contributed by atoms with E-state index in [1.807, 2.05) is 48.5 Å². The van der Waals surface area contributed by atoms with Gasteiger partial charge in [-0.3, -0.25) is 0 Å². The van der Waals surface area contributed by atoms with Crippen molar-refractivity contribution < 1.29 is 9.47 Å². The summed E-state index contributed by atoms with van der Waals surface area (Å²) < 4.78 is 11.4. The standard InChI is InChI=1S/C19H20N4O2/c1-19(11-12-25-19)17-10-6-5-9-16(17)18-20-22-23(21-18)14-24-13-15-7-3-2-4-8-15/h2-10H,11-14H2,1H3. The van der Waals surface area contributed by atoms with Crippen LogP contribution in [0.2, 0.25) is 0 Å². The van der Waals surface area contributed by atoms with Gasteiger partial charge in [-0.15, -0.1) is 15.0 Å². The Kier molecular flexibility index (Phi) is 4.29. The second-order valence-corrected chi connectivity index (χ2v) is 6.32. The molecule has 128 valence electrons. The minimum Gasteiger partial charge on any atom is -0.370 e. The number of hydrogen-bond acceptors (Lipinski definition) is 5. The first-order chi connectivity index (χ1) is 12.2. The van der Waals surface area contributed by atoms with Gasteiger partial charge in [0.2, 0.25) is 5.82 Å². The Balaban J connectivity index is 1.47. The summed E-state index contributed by atoms with van der Waals surface area (Å²) in [6.07, 6.45) is 0.998. The zero-order valence-corrected chi connectivity index (χ0v) is 14.1. The zero-order valence-electron chi connectivity index (χ0n) is 14.1. The molecule has 6 heteroatoms. The van der Waals surface area contributed by atoms with E-state index in [9.17, 15) is 0 Å². The predicted molar refractivity (Wildman–Crippen MR) is 92.4 cm³/mol. The molecule has 1 aliphatic rings. The van der Waals surface area contributed by atoms with E-state index < -0.39 is 0 Å². The lowest BCUT2D eigenvalue weighted by molar-refractivity contribution is -0.140. The van der Waals surface area contributed by atoms with Crippen LogP contribution in [0.5, 0.6) is 0 Å². The summed E-state index contributed by atoms with van der Waals surface area (Å²) in [7, 11) is 0. The SMILES string of the molecule is CC1(c2ccccc2-c2nnn(COCc3ccccc3)n2)CCO1. The lowest BCUT2D eigenvalue weighted by atomic mass is 9.85. The van der Waals surface area contributed by atoms with Gasteiger partial charge >= 0.3 is 0 Å². The first kappa shape index (κ1) is 15.9. The van der Waals surface area contributed by atoms with Crippen LogP contribution in [0.3, 0.4) is 0 Å². The van der Waals surface area contributed by atoms with Gasteiger partial charge < -0.3 is 9.47 Å². The molecule has 1 aromatic heterocycles. The second-order valence-electron chi connectivity index (χ2n) is 6.32. The van der Waals surface area contributed by atoms with Gasteiger partial charge in [-0.25, -0.2) is 0 Å². The maximum absolute atomic E-state index is 5.78. The molecule has 3 aromatic rings. The highest BCUT2D eigenvalue weighted by Crippen LogP contribution is 2.40. The van der Waals surface area contributed by atoms with Crippen molar-refractivity contribution in [1.29, 1.82) is 0 Å². The summed E-state index contributed by atoms with van der Waals surface area (Å²) in [4.78, 5) is 1.47. The van der Waals surface area contributed by atoms with Crippen LogP contribution in [-0.4, -0.2) is 26.8 Å². The molecule has 1 fully saturated rings. The molecule has 0 N–H and O–H groups in total. The van der Waals surface area contributed by atoms with Crippen LogP contribution in [0.1, 0.15) is 24.5 Å². The fourth-order valence-corrected chi connectivity index (χ4v) is 2.99. The number of tetrazole rings is 1. The van der Waals surface area contributed by atoms with Gasteiger partial charge in [0, 0.05) is 12.0 Å². The number of hydrogen-bond donors (Lipinski definition) is 0. The van der Waals surface area contributed by atoms with E-state index in [2.05, 4.69) is 28.4 Å². The minimum atomic E-state index is -0.258. The monoisotopic (exact) mass is 336 g/mol. The Bertz CT molecular complexity index is 843. The van der Waals surface area contributed by atoms with Gasteiger partial charge in [0.25, 0.3) is 0 Å². The van der Waals surface area contributed by atoms with Crippen molar-refractivity contribution >= 4 is 0 Å². The zero-order chi connectivity index (χ0) is 17.1. The fraction of sp³-hybridized carbons (Fsp3) is 0.316. The lowest BCUT2D eigenvalue weighted by Gasteiger charge is -2.40. The number of benzene rings is 2. The summed E-state index contributed by atoms with van der Waals surface area (Å²) in [5.74, 6) is 0.593. The molecule has 1 atom stereocenters. The van der Waals surface area contributed by atoms with E-state index in [-0.39, 0.29) is 12.3 Å². The number of aromatic nitrogens is 4. The normalized spacial score (nSPS) is 19.6. The van der Waals surface area contributed by atoms with Crippen molar-refractivity contribution in [2.45, 2.75) is 32.3 Å². The third kappa shape index (κ3) is 3.31. The van der Waals surface area contributed by atoms with Gasteiger partial charge in [-0.2, -0.15) is 0 Å². The number of nitrogens with zero attached hydrogens (tertiary/aromatic N) is 4. The molecule has 0 radical (unpaired) electrons. The molecule has 2 aromatic carbocycles. The quantitative estimate of drug-likeness (QED) is 0.692. The van der Waals surface area contributed by atoms with E-state index in [1.54, 1.807) is 0 Å². The Morgan fingerprint density at radius 1 is 1.12 bits per heavy atom. The van der Waals surface area contributed by atoms with Crippen molar-refractivity contribution in [2.24, 2.45) is 0 Å². The van der Waals surface area contributed by atoms with Crippen molar-refractivity contribution in [3.05, 3.63) is 65.7 Å². The first-order valence-electron chi connectivity index (χ1n) is 8.38. The van der Waals surface area contributed by atoms with Gasteiger partial charge in [0.1, 0.15) is 0 Å². The highest BCUT2D eigenvalue weighted by Gasteiger charge is 2.37. The van der Waals surface area contributed by atoms with E-state index in [4.69, 9.17) is 9.47 Å². The topological polar surface area (TPSA) is 62.1 Å². The number of ether oxygens (including phenoxy) is 2.